The monoisotopic (exact) mass is 379 g/mol. The Bertz CT molecular complexity index is 948. The van der Waals surface area contributed by atoms with E-state index in [0.29, 0.717) is 10.9 Å². The van der Waals surface area contributed by atoms with Gasteiger partial charge in [-0.05, 0) is 42.8 Å². The lowest BCUT2D eigenvalue weighted by atomic mass is 10.1. The Kier molecular flexibility index (Phi) is 5.16. The molecule has 27 heavy (non-hydrogen) atoms. The van der Waals surface area contributed by atoms with Gasteiger partial charge in [-0.2, -0.15) is 13.2 Å². The summed E-state index contributed by atoms with van der Waals surface area (Å²) >= 11 is 0. The summed E-state index contributed by atoms with van der Waals surface area (Å²) in [5, 5.41) is 3.06. The molecular weight excluding hydrogens is 362 g/mol. The van der Waals surface area contributed by atoms with E-state index in [0.717, 1.165) is 10.6 Å². The number of hydrogen-bond acceptors (Lipinski definition) is 2. The number of carbonyl (C=O) groups is 1. The molecule has 1 N–H and O–H groups in total. The minimum absolute atomic E-state index is 0.0153. The fourth-order valence-electron chi connectivity index (χ4n) is 2.94. The van der Waals surface area contributed by atoms with Crippen LogP contribution in [0.3, 0.4) is 0 Å². The highest BCUT2D eigenvalue weighted by Gasteiger charge is 2.36. The van der Waals surface area contributed by atoms with E-state index in [1.165, 1.54) is 30.5 Å². The van der Waals surface area contributed by atoms with Crippen LogP contribution in [-0.4, -0.2) is 21.5 Å². The molecule has 0 unspecified atom stereocenters. The van der Waals surface area contributed by atoms with Gasteiger partial charge in [0.2, 0.25) is 5.91 Å². The van der Waals surface area contributed by atoms with Crippen molar-refractivity contribution in [2.75, 3.05) is 0 Å². The van der Waals surface area contributed by atoms with Crippen LogP contribution in [0.25, 0.3) is 11.0 Å². The first kappa shape index (κ1) is 18.9. The number of amides is 1. The molecule has 2 heterocycles. The standard InChI is InChI=1S/C19H17F4N3O/c1-12(25-17(27)9-13-4-6-15(20)7-5-13)11-26-16(19(21,22)23)10-14-3-2-8-24-18(14)26/h2-8,10,12H,9,11H2,1H3,(H,25,27)/t12-/m1/s1. The highest BCUT2D eigenvalue weighted by atomic mass is 19.4. The number of pyridine rings is 1. The predicted octanol–water partition coefficient (Wildman–Crippen LogP) is 3.94. The third-order valence-corrected chi connectivity index (χ3v) is 4.09. The van der Waals surface area contributed by atoms with Crippen molar-refractivity contribution in [1.82, 2.24) is 14.9 Å². The van der Waals surface area contributed by atoms with Gasteiger partial charge >= 0.3 is 6.18 Å². The van der Waals surface area contributed by atoms with Gasteiger partial charge in [-0.1, -0.05) is 12.1 Å². The summed E-state index contributed by atoms with van der Waals surface area (Å²) in [5.41, 5.74) is 0.0189. The predicted molar refractivity (Wildman–Crippen MR) is 92.4 cm³/mol. The number of halogens is 4. The Hall–Kier alpha value is -2.90. The molecule has 0 aliphatic rings. The molecule has 2 aromatic heterocycles. The fraction of sp³-hybridized carbons (Fsp3) is 0.263. The van der Waals surface area contributed by atoms with Gasteiger partial charge in [-0.25, -0.2) is 9.37 Å². The minimum Gasteiger partial charge on any atom is -0.352 e. The van der Waals surface area contributed by atoms with Crippen LogP contribution >= 0.6 is 0 Å². The molecule has 0 fully saturated rings. The van der Waals surface area contributed by atoms with Crippen molar-refractivity contribution in [2.24, 2.45) is 0 Å². The number of nitrogens with one attached hydrogen (secondary N) is 1. The maximum atomic E-state index is 13.4. The Labute approximate surface area is 152 Å². The van der Waals surface area contributed by atoms with Gasteiger partial charge in [0.25, 0.3) is 0 Å². The van der Waals surface area contributed by atoms with Gasteiger partial charge in [0.05, 0.1) is 6.42 Å². The number of hydrogen-bond donors (Lipinski definition) is 1. The normalized spacial score (nSPS) is 12.9. The largest absolute Gasteiger partial charge is 0.431 e. The summed E-state index contributed by atoms with van der Waals surface area (Å²) in [6, 6.07) is 9.10. The number of rotatable bonds is 5. The lowest BCUT2D eigenvalue weighted by Gasteiger charge is -2.18. The molecular formula is C19H17F4N3O. The molecule has 3 rings (SSSR count). The molecule has 8 heteroatoms. The van der Waals surface area contributed by atoms with Gasteiger partial charge in [0.1, 0.15) is 17.2 Å². The molecule has 0 radical (unpaired) electrons. The summed E-state index contributed by atoms with van der Waals surface area (Å²) in [6.45, 7) is 1.54. The molecule has 1 atom stereocenters. The van der Waals surface area contributed by atoms with Crippen LogP contribution in [0, 0.1) is 5.82 Å². The summed E-state index contributed by atoms with van der Waals surface area (Å²) in [5.74, 6) is -0.758. The third kappa shape index (κ3) is 4.45. The first-order chi connectivity index (χ1) is 12.7. The van der Waals surface area contributed by atoms with E-state index in [2.05, 4.69) is 10.3 Å². The molecule has 1 aromatic carbocycles. The van der Waals surface area contributed by atoms with E-state index in [1.807, 2.05) is 0 Å². The number of fused-ring (bicyclic) bond motifs is 1. The van der Waals surface area contributed by atoms with Crippen molar-refractivity contribution in [3.8, 4) is 0 Å². The maximum absolute atomic E-state index is 13.4. The molecule has 0 saturated carbocycles. The summed E-state index contributed by atoms with van der Waals surface area (Å²) in [7, 11) is 0. The molecule has 142 valence electrons. The van der Waals surface area contributed by atoms with Crippen molar-refractivity contribution >= 4 is 16.9 Å². The van der Waals surface area contributed by atoms with Gasteiger partial charge in [-0.15, -0.1) is 0 Å². The van der Waals surface area contributed by atoms with Gasteiger partial charge in [-0.3, -0.25) is 4.79 Å². The van der Waals surface area contributed by atoms with E-state index in [4.69, 9.17) is 0 Å². The second kappa shape index (κ2) is 7.38. The molecule has 3 aromatic rings. The Morgan fingerprint density at radius 1 is 1.22 bits per heavy atom. The summed E-state index contributed by atoms with van der Waals surface area (Å²) in [6.07, 6.45) is -3.09. The zero-order valence-electron chi connectivity index (χ0n) is 14.4. The van der Waals surface area contributed by atoms with E-state index in [-0.39, 0.29) is 24.5 Å². The van der Waals surface area contributed by atoms with E-state index < -0.39 is 23.7 Å². The maximum Gasteiger partial charge on any atom is 0.431 e. The zero-order valence-corrected chi connectivity index (χ0v) is 14.4. The number of nitrogens with zero attached hydrogens (tertiary/aromatic N) is 2. The molecule has 4 nitrogen and oxygen atoms in total. The van der Waals surface area contributed by atoms with Gasteiger partial charge in [0, 0.05) is 24.2 Å². The Morgan fingerprint density at radius 3 is 2.59 bits per heavy atom. The average molecular weight is 379 g/mol. The highest BCUT2D eigenvalue weighted by molar-refractivity contribution is 5.79. The van der Waals surface area contributed by atoms with Crippen molar-refractivity contribution in [3.63, 3.8) is 0 Å². The average Bonchev–Trinajstić information content (AvgIpc) is 2.96. The van der Waals surface area contributed by atoms with Gasteiger partial charge in [0.15, 0.2) is 0 Å². The van der Waals surface area contributed by atoms with Crippen LogP contribution < -0.4 is 5.32 Å². The molecule has 0 saturated heterocycles. The zero-order chi connectivity index (χ0) is 19.6. The van der Waals surface area contributed by atoms with Gasteiger partial charge < -0.3 is 9.88 Å². The smallest absolute Gasteiger partial charge is 0.352 e. The number of alkyl halides is 3. The summed E-state index contributed by atoms with van der Waals surface area (Å²) < 4.78 is 54.0. The quantitative estimate of drug-likeness (QED) is 0.683. The molecule has 0 spiro atoms. The highest BCUT2D eigenvalue weighted by Crippen LogP contribution is 2.33. The van der Waals surface area contributed by atoms with E-state index in [1.54, 1.807) is 19.1 Å². The first-order valence-electron chi connectivity index (χ1n) is 8.29. The Morgan fingerprint density at radius 2 is 1.93 bits per heavy atom. The second-order valence-corrected chi connectivity index (χ2v) is 6.33. The SMILES string of the molecule is C[C@H](Cn1c(C(F)(F)F)cc2cccnc21)NC(=O)Cc1ccc(F)cc1. The fourth-order valence-corrected chi connectivity index (χ4v) is 2.94. The van der Waals surface area contributed by atoms with Crippen LogP contribution in [0.15, 0.2) is 48.7 Å². The van der Waals surface area contributed by atoms with Crippen molar-refractivity contribution in [1.29, 1.82) is 0 Å². The van der Waals surface area contributed by atoms with Crippen molar-refractivity contribution in [2.45, 2.75) is 32.1 Å². The van der Waals surface area contributed by atoms with E-state index >= 15 is 0 Å². The lowest BCUT2D eigenvalue weighted by Crippen LogP contribution is -2.37. The Balaban J connectivity index is 1.74. The third-order valence-electron chi connectivity index (χ3n) is 4.09. The number of carbonyl (C=O) groups excluding carboxylic acids is 1. The van der Waals surface area contributed by atoms with Crippen molar-refractivity contribution in [3.05, 3.63) is 65.7 Å². The molecule has 1 amide bonds. The lowest BCUT2D eigenvalue weighted by molar-refractivity contribution is -0.143. The van der Waals surface area contributed by atoms with Crippen LogP contribution in [-0.2, 0) is 23.9 Å². The summed E-state index contributed by atoms with van der Waals surface area (Å²) in [4.78, 5) is 16.2. The topological polar surface area (TPSA) is 46.9 Å². The first-order valence-corrected chi connectivity index (χ1v) is 8.29. The van der Waals surface area contributed by atoms with Crippen LogP contribution in [0.1, 0.15) is 18.2 Å². The van der Waals surface area contributed by atoms with E-state index in [9.17, 15) is 22.4 Å². The number of aromatic nitrogens is 2. The second-order valence-electron chi connectivity index (χ2n) is 6.33. The number of benzene rings is 1. The molecule has 0 bridgehead atoms. The minimum atomic E-state index is -4.53. The molecule has 0 aliphatic heterocycles. The van der Waals surface area contributed by atoms with Crippen LogP contribution in [0.2, 0.25) is 0 Å². The molecule has 0 aliphatic carbocycles. The van der Waals surface area contributed by atoms with Crippen molar-refractivity contribution < 1.29 is 22.4 Å². The van der Waals surface area contributed by atoms with Crippen LogP contribution in [0.4, 0.5) is 17.6 Å². The van der Waals surface area contributed by atoms with Crippen LogP contribution in [0.5, 0.6) is 0 Å².